The molecular weight excluding hydrogens is 118 g/mol. The smallest absolute Gasteiger partial charge is 2.00 e. The fraction of sp³-hybridized carbons (Fsp3) is 1.00. The molecule has 0 rings (SSSR count). The Bertz CT molecular complexity index is 11.7. The summed E-state index contributed by atoms with van der Waals surface area (Å²) in [6, 6.07) is 0. The minimum absolute atomic E-state index is 0. The zero-order chi connectivity index (χ0) is 5.41. The van der Waals surface area contributed by atoms with Gasteiger partial charge in [-0.15, -0.1) is 0 Å². The van der Waals surface area contributed by atoms with Crippen LogP contribution in [0.25, 0.3) is 0 Å². The molecule has 0 N–H and O–H groups in total. The van der Waals surface area contributed by atoms with Gasteiger partial charge in [-0.3, -0.25) is 0 Å². The van der Waals surface area contributed by atoms with Crippen molar-refractivity contribution in [2.45, 2.75) is 23.1 Å². The molecule has 0 saturated carbocycles. The van der Waals surface area contributed by atoms with Crippen molar-refractivity contribution >= 4 is 30.4 Å². The van der Waals surface area contributed by atoms with Gasteiger partial charge in [0.2, 0.25) is 0 Å². The second kappa shape index (κ2) is 27.9. The number of rotatable bonds is 0. The topological polar surface area (TPSA) is 28.5 Å². The van der Waals surface area contributed by atoms with Gasteiger partial charge in [-0.1, -0.05) is 0 Å². The van der Waals surface area contributed by atoms with Gasteiger partial charge in [0.15, 0.2) is 0 Å². The number of hydrogen-bond donors (Lipinski definition) is 0. The molecule has 0 bridgehead atoms. The largest absolute Gasteiger partial charge is 2.00 e. The van der Waals surface area contributed by atoms with Crippen LogP contribution in [0.2, 0.25) is 23.1 Å². The van der Waals surface area contributed by atoms with Gasteiger partial charge in [-0.25, -0.2) is 0 Å². The molecule has 0 radical (unpaired) electrons. The van der Waals surface area contributed by atoms with E-state index in [4.69, 9.17) is 0 Å². The van der Waals surface area contributed by atoms with Crippen LogP contribution < -0.4 is 0 Å². The molecule has 1 nitrogen and oxygen atoms in total. The third-order valence-corrected chi connectivity index (χ3v) is 0. The summed E-state index contributed by atoms with van der Waals surface area (Å²) in [5, 5.41) is 0. The predicted molar refractivity (Wildman–Crippen MR) is 35.7 cm³/mol. The SMILES string of the molecule is [CH3][Al+][CH3].[CH3][Al+][CH3].[O-2]. The van der Waals surface area contributed by atoms with E-state index in [1.807, 2.05) is 0 Å². The zero-order valence-corrected chi connectivity index (χ0v) is 7.87. The molecule has 0 atom stereocenters. The first-order valence-electron chi connectivity index (χ1n) is 2.31. The average Bonchev–Trinajstić information content (AvgIpc) is 1.39. The summed E-state index contributed by atoms with van der Waals surface area (Å²) in [5.74, 6) is 8.83. The second-order valence-electron chi connectivity index (χ2n) is 1.15. The maximum absolute atomic E-state index is 2.21. The van der Waals surface area contributed by atoms with E-state index in [1.165, 1.54) is 0 Å². The van der Waals surface area contributed by atoms with Crippen molar-refractivity contribution in [1.82, 2.24) is 0 Å². The maximum atomic E-state index is 2.21. The Labute approximate surface area is 59.2 Å². The van der Waals surface area contributed by atoms with Gasteiger partial charge in [-0.05, 0) is 0 Å². The van der Waals surface area contributed by atoms with Gasteiger partial charge in [0.25, 0.3) is 0 Å². The fourth-order valence-electron chi connectivity index (χ4n) is 0. The van der Waals surface area contributed by atoms with Crippen LogP contribution in [0.15, 0.2) is 0 Å². The van der Waals surface area contributed by atoms with Crippen molar-refractivity contribution in [2.75, 3.05) is 0 Å². The van der Waals surface area contributed by atoms with E-state index in [0.29, 0.717) is 0 Å². The molecule has 0 aliphatic heterocycles. The number of hydrogen-bond acceptors (Lipinski definition) is 0. The van der Waals surface area contributed by atoms with Crippen LogP contribution in [0.1, 0.15) is 0 Å². The van der Waals surface area contributed by atoms with Gasteiger partial charge in [0.05, 0.1) is 0 Å². The van der Waals surface area contributed by atoms with Gasteiger partial charge >= 0.3 is 53.6 Å². The summed E-state index contributed by atoms with van der Waals surface area (Å²) in [7, 11) is 0. The quantitative estimate of drug-likeness (QED) is 0.444. The molecule has 0 unspecified atom stereocenters. The van der Waals surface area contributed by atoms with E-state index in [9.17, 15) is 0 Å². The van der Waals surface area contributed by atoms with E-state index in [0.717, 1.165) is 30.4 Å². The Balaban J connectivity index is -0.0000000400. The Morgan fingerprint density at radius 2 is 0.714 bits per heavy atom. The van der Waals surface area contributed by atoms with Crippen LogP contribution in [0, 0.1) is 0 Å². The summed E-state index contributed by atoms with van der Waals surface area (Å²) in [6.45, 7) is 0. The van der Waals surface area contributed by atoms with E-state index < -0.39 is 0 Å². The summed E-state index contributed by atoms with van der Waals surface area (Å²) >= 11 is 1.50. The summed E-state index contributed by atoms with van der Waals surface area (Å²) in [4.78, 5) is 0. The Morgan fingerprint density at radius 1 is 0.714 bits per heavy atom. The molecule has 7 heavy (non-hydrogen) atoms. The molecule has 0 aromatic rings. The molecule has 0 saturated heterocycles. The Morgan fingerprint density at radius 3 is 0.714 bits per heavy atom. The van der Waals surface area contributed by atoms with E-state index in [2.05, 4.69) is 23.1 Å². The van der Waals surface area contributed by atoms with Crippen molar-refractivity contribution in [3.8, 4) is 0 Å². The van der Waals surface area contributed by atoms with E-state index >= 15 is 0 Å². The van der Waals surface area contributed by atoms with Gasteiger partial charge in [0.1, 0.15) is 0 Å². The standard InChI is InChI=1S/4CH3.2Al.O/h4*1H3;;;/q;;;;2*+1;-2. The van der Waals surface area contributed by atoms with E-state index in [-0.39, 0.29) is 5.48 Å². The molecule has 0 spiro atoms. The predicted octanol–water partition coefficient (Wildman–Crippen LogP) is 1.45. The first-order valence-corrected chi connectivity index (χ1v) is 6.93. The molecule has 0 fully saturated rings. The molecule has 0 aliphatic rings. The first-order chi connectivity index (χ1) is 2.83. The molecule has 0 amide bonds. The van der Waals surface area contributed by atoms with Crippen molar-refractivity contribution in [3.63, 3.8) is 0 Å². The minimum atomic E-state index is 0. The molecule has 0 heterocycles. The Kier molecular flexibility index (Phi) is 62.4. The average molecular weight is 130 g/mol. The molecule has 0 aromatic carbocycles. The zero-order valence-electron chi connectivity index (χ0n) is 5.56. The summed E-state index contributed by atoms with van der Waals surface area (Å²) < 4.78 is 0. The minimum Gasteiger partial charge on any atom is -2.00 e. The van der Waals surface area contributed by atoms with Crippen molar-refractivity contribution in [1.29, 1.82) is 0 Å². The van der Waals surface area contributed by atoms with Crippen LogP contribution in [0.4, 0.5) is 0 Å². The normalized spacial score (nSPS) is 2.86. The van der Waals surface area contributed by atoms with Crippen molar-refractivity contribution in [3.05, 3.63) is 0 Å². The molecular formula is C4H12Al2O. The fourth-order valence-corrected chi connectivity index (χ4v) is 0. The first kappa shape index (κ1) is 15.7. The van der Waals surface area contributed by atoms with Crippen molar-refractivity contribution in [2.24, 2.45) is 0 Å². The third kappa shape index (κ3) is 169. The van der Waals surface area contributed by atoms with Crippen molar-refractivity contribution < 1.29 is 5.48 Å². The molecule has 40 valence electrons. The van der Waals surface area contributed by atoms with Crippen LogP contribution in [0.5, 0.6) is 0 Å². The van der Waals surface area contributed by atoms with Crippen LogP contribution in [-0.2, 0) is 5.48 Å². The second-order valence-corrected chi connectivity index (χ2v) is 3.46. The van der Waals surface area contributed by atoms with Crippen LogP contribution in [0.3, 0.4) is 0 Å². The van der Waals surface area contributed by atoms with E-state index in [1.54, 1.807) is 0 Å². The Hall–Kier alpha value is 1.02. The molecule has 0 aliphatic carbocycles. The van der Waals surface area contributed by atoms with Crippen LogP contribution >= 0.6 is 0 Å². The van der Waals surface area contributed by atoms with Crippen LogP contribution in [-0.4, -0.2) is 30.4 Å². The maximum Gasteiger partial charge on any atom is -2.00 e. The molecule has 0 aromatic heterocycles. The third-order valence-electron chi connectivity index (χ3n) is 0. The van der Waals surface area contributed by atoms with Gasteiger partial charge in [-0.2, -0.15) is 0 Å². The summed E-state index contributed by atoms with van der Waals surface area (Å²) in [5.41, 5.74) is 0. The van der Waals surface area contributed by atoms with Gasteiger partial charge in [0, 0.05) is 0 Å². The summed E-state index contributed by atoms with van der Waals surface area (Å²) in [6.07, 6.45) is 0. The monoisotopic (exact) mass is 130 g/mol. The molecule has 3 heteroatoms. The van der Waals surface area contributed by atoms with Gasteiger partial charge < -0.3 is 5.48 Å².